The number of benzene rings is 2. The highest BCUT2D eigenvalue weighted by Crippen LogP contribution is 2.22. The molecule has 2 saturated heterocycles. The van der Waals surface area contributed by atoms with Gasteiger partial charge in [0.25, 0.3) is 11.8 Å². The lowest BCUT2D eigenvalue weighted by Crippen LogP contribution is -2.23. The molecule has 2 heterocycles. The molecule has 3 atom stereocenters. The number of hydrogen-bond donors (Lipinski definition) is 0. The van der Waals surface area contributed by atoms with Crippen LogP contribution < -0.4 is 0 Å². The van der Waals surface area contributed by atoms with Crippen LogP contribution in [0.3, 0.4) is 0 Å². The quantitative estimate of drug-likeness (QED) is 0.476. The topological polar surface area (TPSA) is 92.8 Å². The van der Waals surface area contributed by atoms with Crippen molar-refractivity contribution < 1.29 is 28.7 Å². The molecule has 2 fully saturated rings. The van der Waals surface area contributed by atoms with E-state index in [1.807, 2.05) is 13.8 Å². The molecule has 172 valence electrons. The molecule has 0 N–H and O–H groups in total. The average Bonchev–Trinajstić information content (AvgIpc) is 3.74. The molecule has 0 bridgehead atoms. The van der Waals surface area contributed by atoms with Gasteiger partial charge in [-0.15, -0.1) is 0 Å². The van der Waals surface area contributed by atoms with Crippen molar-refractivity contribution in [3.8, 4) is 0 Å². The van der Waals surface area contributed by atoms with Crippen LogP contribution in [0, 0.1) is 0 Å². The molecule has 0 aromatic heterocycles. The summed E-state index contributed by atoms with van der Waals surface area (Å²) in [5.41, 5.74) is 1.37. The van der Waals surface area contributed by atoms with Gasteiger partial charge in [-0.3, -0.25) is 9.59 Å². The molecule has 2 aromatic rings. The first kappa shape index (κ1) is 22.5. The van der Waals surface area contributed by atoms with E-state index in [0.717, 1.165) is 0 Å². The van der Waals surface area contributed by atoms with Crippen LogP contribution in [0.15, 0.2) is 48.5 Å². The Balaban J connectivity index is 1.30. The Kier molecular flexibility index (Phi) is 6.18. The number of hydrogen-bond acceptors (Lipinski definition) is 6. The highest BCUT2D eigenvalue weighted by atomic mass is 16.6. The summed E-state index contributed by atoms with van der Waals surface area (Å²) >= 11 is 0. The molecule has 0 spiro atoms. The monoisotopic (exact) mass is 450 g/mol. The van der Waals surface area contributed by atoms with Gasteiger partial charge in [-0.1, -0.05) is 12.1 Å². The molecule has 8 nitrogen and oxygen atoms in total. The third-order valence-corrected chi connectivity index (χ3v) is 5.69. The Morgan fingerprint density at radius 3 is 1.70 bits per heavy atom. The van der Waals surface area contributed by atoms with E-state index >= 15 is 0 Å². The van der Waals surface area contributed by atoms with E-state index in [1.54, 1.807) is 53.1 Å². The van der Waals surface area contributed by atoms with Crippen LogP contribution in [-0.4, -0.2) is 71.4 Å². The summed E-state index contributed by atoms with van der Waals surface area (Å²) in [6, 6.07) is 13.2. The smallest absolute Gasteiger partial charge is 0.338 e. The third-order valence-electron chi connectivity index (χ3n) is 5.69. The van der Waals surface area contributed by atoms with Crippen LogP contribution in [0.4, 0.5) is 0 Å². The predicted molar refractivity (Wildman–Crippen MR) is 119 cm³/mol. The zero-order chi connectivity index (χ0) is 23.7. The van der Waals surface area contributed by atoms with Crippen molar-refractivity contribution in [1.82, 2.24) is 9.80 Å². The van der Waals surface area contributed by atoms with Crippen molar-refractivity contribution in [1.29, 1.82) is 0 Å². The highest BCUT2D eigenvalue weighted by Gasteiger charge is 2.35. The minimum absolute atomic E-state index is 0.117. The van der Waals surface area contributed by atoms with Gasteiger partial charge in [-0.2, -0.15) is 0 Å². The van der Waals surface area contributed by atoms with Gasteiger partial charge in [0.1, 0.15) is 12.7 Å². The number of rotatable bonds is 7. The minimum atomic E-state index is -0.698. The first-order valence-electron chi connectivity index (χ1n) is 10.9. The Labute approximate surface area is 192 Å². The average molecular weight is 450 g/mol. The van der Waals surface area contributed by atoms with Crippen LogP contribution in [0.5, 0.6) is 0 Å². The van der Waals surface area contributed by atoms with Crippen molar-refractivity contribution in [3.63, 3.8) is 0 Å². The van der Waals surface area contributed by atoms with Crippen molar-refractivity contribution in [2.45, 2.75) is 39.0 Å². The Hall–Kier alpha value is -3.68. The molecule has 2 aliphatic rings. The summed E-state index contributed by atoms with van der Waals surface area (Å²) in [5, 5.41) is 0. The Morgan fingerprint density at radius 2 is 1.24 bits per heavy atom. The molecule has 33 heavy (non-hydrogen) atoms. The number of esters is 2. The molecular weight excluding hydrogens is 424 g/mol. The zero-order valence-corrected chi connectivity index (χ0v) is 18.8. The largest absolute Gasteiger partial charge is 0.458 e. The van der Waals surface area contributed by atoms with Crippen LogP contribution >= 0.6 is 0 Å². The van der Waals surface area contributed by atoms with Gasteiger partial charge < -0.3 is 19.3 Å². The van der Waals surface area contributed by atoms with Crippen LogP contribution in [0.2, 0.25) is 0 Å². The summed E-state index contributed by atoms with van der Waals surface area (Å²) in [5.74, 6) is -1.44. The second kappa shape index (κ2) is 9.05. The van der Waals surface area contributed by atoms with E-state index in [-0.39, 0.29) is 41.6 Å². The minimum Gasteiger partial charge on any atom is -0.458 e. The lowest BCUT2D eigenvalue weighted by atomic mass is 10.1. The standard InChI is InChI=1S/C25H26N2O6/c1-15-12-26(15)22(28)18-6-4-8-20(10-18)24(30)32-14-17(3)33-25(31)21-9-5-7-19(11-21)23(29)27-13-16(27)2/h4-11,15-17H,12-14H2,1-3H3. The molecule has 0 saturated carbocycles. The van der Waals surface area contributed by atoms with E-state index in [9.17, 15) is 19.2 Å². The Morgan fingerprint density at radius 1 is 0.818 bits per heavy atom. The summed E-state index contributed by atoms with van der Waals surface area (Å²) in [6.07, 6.45) is -0.698. The maximum atomic E-state index is 12.5. The lowest BCUT2D eigenvalue weighted by molar-refractivity contribution is 0.00447. The maximum Gasteiger partial charge on any atom is 0.338 e. The molecule has 3 unspecified atom stereocenters. The highest BCUT2D eigenvalue weighted by molar-refractivity contribution is 6.00. The fraction of sp³-hybridized carbons (Fsp3) is 0.360. The Bertz CT molecular complexity index is 1110. The van der Waals surface area contributed by atoms with Crippen molar-refractivity contribution in [3.05, 3.63) is 70.8 Å². The van der Waals surface area contributed by atoms with Gasteiger partial charge in [0.05, 0.1) is 11.1 Å². The predicted octanol–water partition coefficient (Wildman–Crippen LogP) is 2.78. The summed E-state index contributed by atoms with van der Waals surface area (Å²) in [7, 11) is 0. The molecule has 0 radical (unpaired) electrons. The SMILES string of the molecule is CC(COC(=O)c1cccc(C(=O)N2CC2C)c1)OC(=O)c1cccc(C(=O)N2CC2C)c1. The number of ether oxygens (including phenoxy) is 2. The van der Waals surface area contributed by atoms with Crippen molar-refractivity contribution in [2.24, 2.45) is 0 Å². The summed E-state index contributed by atoms with van der Waals surface area (Å²) in [4.78, 5) is 53.0. The first-order valence-corrected chi connectivity index (χ1v) is 10.9. The van der Waals surface area contributed by atoms with Gasteiger partial charge in [-0.05, 0) is 57.2 Å². The van der Waals surface area contributed by atoms with Gasteiger partial charge in [0.2, 0.25) is 0 Å². The maximum absolute atomic E-state index is 12.5. The first-order chi connectivity index (χ1) is 15.7. The van der Waals surface area contributed by atoms with E-state index in [2.05, 4.69) is 0 Å². The van der Waals surface area contributed by atoms with Gasteiger partial charge in [0.15, 0.2) is 0 Å². The van der Waals surface area contributed by atoms with Crippen molar-refractivity contribution in [2.75, 3.05) is 19.7 Å². The second-order valence-electron chi connectivity index (χ2n) is 8.59. The molecule has 0 aliphatic carbocycles. The van der Waals surface area contributed by atoms with Gasteiger partial charge in [0, 0.05) is 36.3 Å². The summed E-state index contributed by atoms with van der Waals surface area (Å²) in [6.45, 7) is 6.81. The summed E-state index contributed by atoms with van der Waals surface area (Å²) < 4.78 is 10.6. The van der Waals surface area contributed by atoms with Crippen LogP contribution in [0.25, 0.3) is 0 Å². The molecular formula is C25H26N2O6. The van der Waals surface area contributed by atoms with Crippen LogP contribution in [-0.2, 0) is 9.47 Å². The van der Waals surface area contributed by atoms with E-state index in [1.165, 1.54) is 12.1 Å². The molecule has 2 aromatic carbocycles. The fourth-order valence-electron chi connectivity index (χ4n) is 3.49. The fourth-order valence-corrected chi connectivity index (χ4v) is 3.49. The number of amides is 2. The molecule has 2 aliphatic heterocycles. The lowest BCUT2D eigenvalue weighted by Gasteiger charge is -2.14. The number of nitrogens with zero attached hydrogens (tertiary/aromatic N) is 2. The number of carbonyl (C=O) groups is 4. The normalized spacial score (nSPS) is 19.5. The second-order valence-corrected chi connectivity index (χ2v) is 8.59. The molecule has 4 rings (SSSR count). The molecule has 8 heteroatoms. The van der Waals surface area contributed by atoms with E-state index in [0.29, 0.717) is 24.2 Å². The van der Waals surface area contributed by atoms with E-state index < -0.39 is 18.0 Å². The number of carbonyl (C=O) groups excluding carboxylic acids is 4. The van der Waals surface area contributed by atoms with E-state index in [4.69, 9.17) is 9.47 Å². The third kappa shape index (κ3) is 5.22. The van der Waals surface area contributed by atoms with Gasteiger partial charge in [-0.25, -0.2) is 9.59 Å². The van der Waals surface area contributed by atoms with Crippen LogP contribution in [0.1, 0.15) is 62.2 Å². The zero-order valence-electron chi connectivity index (χ0n) is 18.8. The van der Waals surface area contributed by atoms with Gasteiger partial charge >= 0.3 is 11.9 Å². The van der Waals surface area contributed by atoms with Crippen molar-refractivity contribution >= 4 is 23.8 Å². The molecule has 2 amide bonds.